The van der Waals surface area contributed by atoms with Crippen molar-refractivity contribution in [1.82, 2.24) is 9.97 Å². The summed E-state index contributed by atoms with van der Waals surface area (Å²) >= 11 is 6.49. The van der Waals surface area contributed by atoms with E-state index in [9.17, 15) is 5.26 Å². The third-order valence-corrected chi connectivity index (χ3v) is 6.97. The van der Waals surface area contributed by atoms with Crippen molar-refractivity contribution in [1.29, 1.82) is 5.26 Å². The van der Waals surface area contributed by atoms with Crippen LogP contribution in [-0.2, 0) is 9.47 Å². The fourth-order valence-corrected chi connectivity index (χ4v) is 4.76. The molecule has 1 saturated carbocycles. The van der Waals surface area contributed by atoms with Crippen LogP contribution in [0, 0.1) is 16.7 Å². The number of hydrogen-bond donors (Lipinski definition) is 3. The Morgan fingerprint density at radius 2 is 2.12 bits per heavy atom. The van der Waals surface area contributed by atoms with E-state index in [1.165, 1.54) is 0 Å². The molecule has 4 N–H and O–H groups in total. The number of nitrogens with one attached hydrogen (secondary N) is 2. The maximum absolute atomic E-state index is 9.69. The number of hydrogen-bond acceptors (Lipinski definition) is 8. The minimum atomic E-state index is -0.427. The first kappa shape index (κ1) is 23.7. The minimum Gasteiger partial charge on any atom is -0.381 e. The van der Waals surface area contributed by atoms with Crippen molar-refractivity contribution < 1.29 is 9.47 Å². The van der Waals surface area contributed by atoms with Crippen LogP contribution in [0.2, 0.25) is 5.02 Å². The Hall–Kier alpha value is -2.44. The minimum absolute atomic E-state index is 0.00451. The summed E-state index contributed by atoms with van der Waals surface area (Å²) in [7, 11) is 1.71. The molecular weight excluding hydrogens is 440 g/mol. The largest absolute Gasteiger partial charge is 0.381 e. The Morgan fingerprint density at radius 3 is 2.85 bits per heavy atom. The van der Waals surface area contributed by atoms with E-state index in [2.05, 4.69) is 21.7 Å². The number of nitrogens with zero attached hydrogens (tertiary/aromatic N) is 3. The van der Waals surface area contributed by atoms with E-state index in [1.54, 1.807) is 13.3 Å². The van der Waals surface area contributed by atoms with Gasteiger partial charge in [0.05, 0.1) is 28.3 Å². The van der Waals surface area contributed by atoms with Crippen LogP contribution in [0.4, 0.5) is 11.6 Å². The van der Waals surface area contributed by atoms with Gasteiger partial charge >= 0.3 is 0 Å². The van der Waals surface area contributed by atoms with Crippen LogP contribution in [-0.4, -0.2) is 55.0 Å². The Bertz CT molecular complexity index is 991. The zero-order chi connectivity index (χ0) is 23.3. The molecule has 3 heterocycles. The smallest absolute Gasteiger partial charge is 0.126 e. The lowest BCUT2D eigenvalue weighted by molar-refractivity contribution is 0.0455. The molecule has 0 bridgehead atoms. The van der Waals surface area contributed by atoms with Crippen LogP contribution in [0.1, 0.15) is 32.1 Å². The molecule has 2 aromatic rings. The van der Waals surface area contributed by atoms with Gasteiger partial charge in [0.25, 0.3) is 0 Å². The van der Waals surface area contributed by atoms with Crippen LogP contribution in [0.25, 0.3) is 11.3 Å². The molecule has 1 aliphatic carbocycles. The molecular formula is C24H31ClN6O2. The van der Waals surface area contributed by atoms with Crippen molar-refractivity contribution >= 4 is 23.2 Å². The molecule has 1 saturated heterocycles. The number of nitrogens with two attached hydrogens (primary N) is 1. The van der Waals surface area contributed by atoms with Gasteiger partial charge in [-0.15, -0.1) is 0 Å². The van der Waals surface area contributed by atoms with Crippen LogP contribution in [0.15, 0.2) is 30.5 Å². The van der Waals surface area contributed by atoms with Crippen molar-refractivity contribution in [3.8, 4) is 17.3 Å². The number of ether oxygens (including phenoxy) is 2. The molecule has 2 aliphatic rings. The normalized spacial score (nSPS) is 24.6. The zero-order valence-corrected chi connectivity index (χ0v) is 19.6. The number of halogens is 1. The summed E-state index contributed by atoms with van der Waals surface area (Å²) in [6.45, 7) is 1.76. The molecule has 0 amide bonds. The molecule has 0 aromatic carbocycles. The van der Waals surface area contributed by atoms with Crippen LogP contribution in [0.3, 0.4) is 0 Å². The Morgan fingerprint density at radius 1 is 1.30 bits per heavy atom. The third-order valence-electron chi connectivity index (χ3n) is 6.66. The third kappa shape index (κ3) is 5.74. The molecule has 4 rings (SSSR count). The summed E-state index contributed by atoms with van der Waals surface area (Å²) in [5.41, 5.74) is 7.36. The fourth-order valence-electron chi connectivity index (χ4n) is 4.56. The van der Waals surface area contributed by atoms with Crippen molar-refractivity contribution in [2.24, 2.45) is 11.1 Å². The number of nitriles is 1. The van der Waals surface area contributed by atoms with Gasteiger partial charge in [-0.2, -0.15) is 5.26 Å². The van der Waals surface area contributed by atoms with E-state index < -0.39 is 5.41 Å². The first-order valence-corrected chi connectivity index (χ1v) is 11.8. The standard InChI is InChI=1S/C24H31ClN6O2/c1-32-21-6-5-16(11-19(21)27)30-23-12-17(18(25)13-28-23)20-3-2-4-22(31-20)29-15-24(14-26)7-9-33-10-8-24/h2-4,12-13,16,19,21H,5-11,15,27H2,1H3,(H,28,30)(H,29,31). The topological polar surface area (TPSA) is 118 Å². The Labute approximate surface area is 199 Å². The van der Waals surface area contributed by atoms with Crippen molar-refractivity contribution in [3.05, 3.63) is 35.5 Å². The van der Waals surface area contributed by atoms with Gasteiger partial charge in [0, 0.05) is 50.7 Å². The van der Waals surface area contributed by atoms with E-state index >= 15 is 0 Å². The number of pyridine rings is 2. The SMILES string of the molecule is COC1CCC(Nc2cc(-c3cccc(NCC4(C#N)CCOCC4)n3)c(Cl)cn2)CC1N. The maximum atomic E-state index is 9.69. The van der Waals surface area contributed by atoms with E-state index in [4.69, 9.17) is 31.8 Å². The van der Waals surface area contributed by atoms with Crippen molar-refractivity contribution in [3.63, 3.8) is 0 Å². The lowest BCUT2D eigenvalue weighted by Gasteiger charge is -2.33. The molecule has 33 heavy (non-hydrogen) atoms. The zero-order valence-electron chi connectivity index (χ0n) is 18.9. The predicted molar refractivity (Wildman–Crippen MR) is 129 cm³/mol. The van der Waals surface area contributed by atoms with E-state index in [0.717, 1.165) is 49.2 Å². The first-order valence-electron chi connectivity index (χ1n) is 11.4. The summed E-state index contributed by atoms with van der Waals surface area (Å²) < 4.78 is 10.9. The summed E-state index contributed by atoms with van der Waals surface area (Å²) in [4.78, 5) is 9.20. The monoisotopic (exact) mass is 470 g/mol. The van der Waals surface area contributed by atoms with Gasteiger partial charge < -0.3 is 25.8 Å². The van der Waals surface area contributed by atoms with Crippen molar-refractivity contribution in [2.75, 3.05) is 37.5 Å². The van der Waals surface area contributed by atoms with Gasteiger partial charge in [0.1, 0.15) is 11.6 Å². The quantitative estimate of drug-likeness (QED) is 0.558. The lowest BCUT2D eigenvalue weighted by atomic mass is 9.82. The summed E-state index contributed by atoms with van der Waals surface area (Å²) in [5, 5.41) is 17.1. The molecule has 176 valence electrons. The summed E-state index contributed by atoms with van der Waals surface area (Å²) in [6.07, 6.45) is 5.90. The Balaban J connectivity index is 1.46. The molecule has 9 heteroatoms. The summed E-state index contributed by atoms with van der Waals surface area (Å²) in [6, 6.07) is 10.4. The van der Waals surface area contributed by atoms with E-state index in [1.807, 2.05) is 24.3 Å². The van der Waals surface area contributed by atoms with Crippen LogP contribution in [0.5, 0.6) is 0 Å². The highest BCUT2D eigenvalue weighted by atomic mass is 35.5. The highest BCUT2D eigenvalue weighted by molar-refractivity contribution is 6.33. The lowest BCUT2D eigenvalue weighted by Crippen LogP contribution is -2.45. The van der Waals surface area contributed by atoms with Gasteiger partial charge in [0.2, 0.25) is 0 Å². The number of methoxy groups -OCH3 is 1. The highest BCUT2D eigenvalue weighted by Crippen LogP contribution is 2.32. The molecule has 2 fully saturated rings. The van der Waals surface area contributed by atoms with Gasteiger partial charge in [-0.25, -0.2) is 9.97 Å². The summed E-state index contributed by atoms with van der Waals surface area (Å²) in [5.74, 6) is 1.45. The molecule has 8 nitrogen and oxygen atoms in total. The number of aromatic nitrogens is 2. The fraction of sp³-hybridized carbons (Fsp3) is 0.542. The molecule has 2 aromatic heterocycles. The average molecular weight is 471 g/mol. The molecule has 3 unspecified atom stereocenters. The molecule has 0 radical (unpaired) electrons. The predicted octanol–water partition coefficient (Wildman–Crippen LogP) is 3.84. The Kier molecular flexibility index (Phi) is 7.66. The second kappa shape index (κ2) is 10.7. The maximum Gasteiger partial charge on any atom is 0.126 e. The van der Waals surface area contributed by atoms with Gasteiger partial charge in [-0.1, -0.05) is 17.7 Å². The number of rotatable bonds is 7. The molecule has 3 atom stereocenters. The van der Waals surface area contributed by atoms with Gasteiger partial charge in [0.15, 0.2) is 0 Å². The van der Waals surface area contributed by atoms with E-state index in [-0.39, 0.29) is 18.2 Å². The second-order valence-corrected chi connectivity index (χ2v) is 9.32. The molecule has 1 aliphatic heterocycles. The van der Waals surface area contributed by atoms with Gasteiger partial charge in [-0.05, 0) is 50.3 Å². The van der Waals surface area contributed by atoms with Crippen LogP contribution >= 0.6 is 11.6 Å². The number of anilines is 2. The van der Waals surface area contributed by atoms with E-state index in [0.29, 0.717) is 30.6 Å². The second-order valence-electron chi connectivity index (χ2n) is 8.91. The molecule has 0 spiro atoms. The van der Waals surface area contributed by atoms with Crippen molar-refractivity contribution in [2.45, 2.75) is 50.3 Å². The van der Waals surface area contributed by atoms with Gasteiger partial charge in [-0.3, -0.25) is 0 Å². The first-order chi connectivity index (χ1) is 16.0. The van der Waals surface area contributed by atoms with Crippen LogP contribution < -0.4 is 16.4 Å². The highest BCUT2D eigenvalue weighted by Gasteiger charge is 2.32. The average Bonchev–Trinajstić information content (AvgIpc) is 2.85.